The maximum absolute atomic E-state index is 13.0. The summed E-state index contributed by atoms with van der Waals surface area (Å²) in [5.41, 5.74) is 6.45. The van der Waals surface area contributed by atoms with Gasteiger partial charge in [-0.2, -0.15) is 10.2 Å². The summed E-state index contributed by atoms with van der Waals surface area (Å²) in [5.74, 6) is -0.174. The second-order valence-corrected chi connectivity index (χ2v) is 9.31. The highest BCUT2D eigenvalue weighted by Crippen LogP contribution is 2.33. The van der Waals surface area contributed by atoms with E-state index in [4.69, 9.17) is 0 Å². The number of hydrogen-bond donors (Lipinski definition) is 1. The van der Waals surface area contributed by atoms with Crippen LogP contribution < -0.4 is 5.32 Å². The highest BCUT2D eigenvalue weighted by molar-refractivity contribution is 6.05. The van der Waals surface area contributed by atoms with Gasteiger partial charge in [-0.05, 0) is 62.3 Å². The number of amides is 1. The number of pyridine rings is 1. The van der Waals surface area contributed by atoms with Gasteiger partial charge < -0.3 is 10.2 Å². The van der Waals surface area contributed by atoms with E-state index in [0.29, 0.717) is 17.3 Å². The van der Waals surface area contributed by atoms with Crippen LogP contribution in [0.5, 0.6) is 0 Å². The van der Waals surface area contributed by atoms with Gasteiger partial charge in [-0.3, -0.25) is 19.1 Å². The van der Waals surface area contributed by atoms with Crippen LogP contribution in [0.2, 0.25) is 0 Å². The van der Waals surface area contributed by atoms with E-state index in [2.05, 4.69) is 50.7 Å². The van der Waals surface area contributed by atoms with Crippen LogP contribution in [0.3, 0.4) is 0 Å². The number of piperidine rings is 1. The van der Waals surface area contributed by atoms with Gasteiger partial charge in [0.05, 0.1) is 34.7 Å². The van der Waals surface area contributed by atoms with Crippen LogP contribution in [0.1, 0.15) is 48.9 Å². The van der Waals surface area contributed by atoms with Crippen LogP contribution in [0.25, 0.3) is 16.5 Å². The van der Waals surface area contributed by atoms with Crippen molar-refractivity contribution in [1.82, 2.24) is 29.4 Å². The molecule has 1 fully saturated rings. The fourth-order valence-corrected chi connectivity index (χ4v) is 4.98. The molecule has 0 spiro atoms. The lowest BCUT2D eigenvalue weighted by atomic mass is 9.99. The number of hydrogen-bond acceptors (Lipinski definition) is 5. The summed E-state index contributed by atoms with van der Waals surface area (Å²) in [6.07, 6.45) is 12.4. The maximum atomic E-state index is 13.0. The number of anilines is 1. The zero-order chi connectivity index (χ0) is 23.2. The molecule has 1 amide bonds. The number of nitrogens with zero attached hydrogens (tertiary/aromatic N) is 6. The fourth-order valence-electron chi connectivity index (χ4n) is 4.98. The molecule has 4 aromatic rings. The van der Waals surface area contributed by atoms with Crippen LogP contribution in [-0.4, -0.2) is 55.5 Å². The second-order valence-electron chi connectivity index (χ2n) is 9.31. The molecule has 0 atom stereocenters. The van der Waals surface area contributed by atoms with Gasteiger partial charge in [0.15, 0.2) is 0 Å². The molecule has 3 aromatic heterocycles. The number of allylic oxidation sites excluding steroid dienone is 1. The van der Waals surface area contributed by atoms with Crippen LogP contribution >= 0.6 is 0 Å². The molecule has 1 N–H and O–H groups in total. The van der Waals surface area contributed by atoms with Crippen molar-refractivity contribution in [3.63, 3.8) is 0 Å². The lowest BCUT2D eigenvalue weighted by molar-refractivity contribution is 0.102. The summed E-state index contributed by atoms with van der Waals surface area (Å²) >= 11 is 0. The third-order valence-electron chi connectivity index (χ3n) is 6.87. The van der Waals surface area contributed by atoms with E-state index in [0.717, 1.165) is 65.6 Å². The van der Waals surface area contributed by atoms with Gasteiger partial charge in [-0.15, -0.1) is 0 Å². The SMILES string of the molecule is CN1CCC(n2cc(NC(=O)c3cnc4c(c3)C(c3ccc5nn(C)cc5c3)=CC4)cn2)CC1.[HH].[HH]. The third kappa shape index (κ3) is 3.80. The molecule has 1 aromatic carbocycles. The van der Waals surface area contributed by atoms with E-state index in [-0.39, 0.29) is 8.76 Å². The minimum absolute atomic E-state index is 0. The molecule has 1 aliphatic heterocycles. The van der Waals surface area contributed by atoms with Crippen molar-refractivity contribution in [3.05, 3.63) is 77.5 Å². The number of aryl methyl sites for hydroxylation is 1. The Kier molecular flexibility index (Phi) is 5.03. The first kappa shape index (κ1) is 20.8. The van der Waals surface area contributed by atoms with Crippen molar-refractivity contribution in [1.29, 1.82) is 0 Å². The van der Waals surface area contributed by atoms with Crippen molar-refractivity contribution >= 4 is 28.1 Å². The number of nitrogens with one attached hydrogen (secondary N) is 1. The Morgan fingerprint density at radius 1 is 1.12 bits per heavy atom. The van der Waals surface area contributed by atoms with E-state index in [1.54, 1.807) is 12.4 Å². The molecule has 0 radical (unpaired) electrons. The predicted octanol–water partition coefficient (Wildman–Crippen LogP) is 4.16. The monoisotopic (exact) mass is 457 g/mol. The standard InChI is InChI=1S/C26H27N7O.2H2/c1-31-9-7-21(8-10-31)33-16-20(14-28-33)29-26(34)18-12-23-22(4-6-25(23)27-13-18)17-3-5-24-19(11-17)15-32(2)30-24;;/h3-5,11-16,21H,6-10H2,1-2H3,(H,29,34);2*1H. The quantitative estimate of drug-likeness (QED) is 0.498. The molecule has 8 heteroatoms. The minimum atomic E-state index is -0.174. The van der Waals surface area contributed by atoms with Crippen molar-refractivity contribution in [2.45, 2.75) is 25.3 Å². The molecule has 6 rings (SSSR count). The normalized spacial score (nSPS) is 16.6. The Morgan fingerprint density at radius 2 is 1.97 bits per heavy atom. The molecule has 34 heavy (non-hydrogen) atoms. The third-order valence-corrected chi connectivity index (χ3v) is 6.87. The Balaban J connectivity index is 0.00000152. The Bertz CT molecular complexity index is 1430. The van der Waals surface area contributed by atoms with Crippen LogP contribution in [0.4, 0.5) is 5.69 Å². The Labute approximate surface area is 200 Å². The Morgan fingerprint density at radius 3 is 2.82 bits per heavy atom. The van der Waals surface area contributed by atoms with Crippen LogP contribution in [0, 0.1) is 0 Å². The molecular formula is C26H31N7O. The molecule has 1 saturated heterocycles. The first-order valence-corrected chi connectivity index (χ1v) is 11.7. The highest BCUT2D eigenvalue weighted by Gasteiger charge is 2.21. The largest absolute Gasteiger partial charge is 0.319 e. The van der Waals surface area contributed by atoms with Gasteiger partial charge >= 0.3 is 0 Å². The minimum Gasteiger partial charge on any atom is -0.319 e. The summed E-state index contributed by atoms with van der Waals surface area (Å²) in [4.78, 5) is 20.0. The zero-order valence-corrected chi connectivity index (χ0v) is 19.4. The van der Waals surface area contributed by atoms with Crippen LogP contribution in [0.15, 0.2) is 55.1 Å². The topological polar surface area (TPSA) is 80.9 Å². The van der Waals surface area contributed by atoms with Gasteiger partial charge in [0.2, 0.25) is 0 Å². The second kappa shape index (κ2) is 8.22. The zero-order valence-electron chi connectivity index (χ0n) is 19.4. The van der Waals surface area contributed by atoms with E-state index in [9.17, 15) is 4.79 Å². The number of likely N-dealkylation sites (tertiary alicyclic amines) is 1. The first-order chi connectivity index (χ1) is 16.5. The van der Waals surface area contributed by atoms with Gasteiger partial charge in [0, 0.05) is 45.9 Å². The van der Waals surface area contributed by atoms with E-state index >= 15 is 0 Å². The van der Waals surface area contributed by atoms with Crippen molar-refractivity contribution in [3.8, 4) is 0 Å². The molecule has 2 aliphatic rings. The smallest absolute Gasteiger partial charge is 0.257 e. The van der Waals surface area contributed by atoms with E-state index < -0.39 is 0 Å². The van der Waals surface area contributed by atoms with Gasteiger partial charge in [-0.25, -0.2) is 0 Å². The molecule has 0 unspecified atom stereocenters. The lowest BCUT2D eigenvalue weighted by Gasteiger charge is -2.28. The average molecular weight is 458 g/mol. The summed E-state index contributed by atoms with van der Waals surface area (Å²) in [7, 11) is 4.07. The molecule has 176 valence electrons. The number of rotatable bonds is 4. The number of fused-ring (bicyclic) bond motifs is 2. The fraction of sp³-hybridized carbons (Fsp3) is 0.308. The van der Waals surface area contributed by atoms with Gasteiger partial charge in [0.25, 0.3) is 5.91 Å². The van der Waals surface area contributed by atoms with E-state index in [1.807, 2.05) is 40.9 Å². The molecule has 8 nitrogen and oxygen atoms in total. The summed E-state index contributed by atoms with van der Waals surface area (Å²) in [5, 5.41) is 13.1. The predicted molar refractivity (Wildman–Crippen MR) is 136 cm³/mol. The van der Waals surface area contributed by atoms with Crippen molar-refractivity contribution < 1.29 is 7.65 Å². The summed E-state index contributed by atoms with van der Waals surface area (Å²) in [6, 6.07) is 8.60. The molecule has 1 aliphatic carbocycles. The molecule has 0 bridgehead atoms. The number of carbonyl (C=O) groups excluding carboxylic acids is 1. The van der Waals surface area contributed by atoms with Gasteiger partial charge in [0.1, 0.15) is 0 Å². The van der Waals surface area contributed by atoms with E-state index in [1.165, 1.54) is 0 Å². The van der Waals surface area contributed by atoms with Crippen molar-refractivity contribution in [2.24, 2.45) is 7.05 Å². The number of carbonyl (C=O) groups is 1. The average Bonchev–Trinajstić information content (AvgIpc) is 3.56. The number of benzene rings is 1. The van der Waals surface area contributed by atoms with Crippen molar-refractivity contribution in [2.75, 3.05) is 25.5 Å². The lowest BCUT2D eigenvalue weighted by Crippen LogP contribution is -2.31. The maximum Gasteiger partial charge on any atom is 0.257 e. The Hall–Kier alpha value is -3.78. The van der Waals surface area contributed by atoms with Gasteiger partial charge in [-0.1, -0.05) is 12.1 Å². The van der Waals surface area contributed by atoms with Crippen LogP contribution in [-0.2, 0) is 13.5 Å². The first-order valence-electron chi connectivity index (χ1n) is 11.7. The number of aromatic nitrogens is 5. The molecule has 4 heterocycles. The molecular weight excluding hydrogens is 426 g/mol. The summed E-state index contributed by atoms with van der Waals surface area (Å²) < 4.78 is 3.81. The molecule has 0 saturated carbocycles. The summed E-state index contributed by atoms with van der Waals surface area (Å²) in [6.45, 7) is 2.13. The highest BCUT2D eigenvalue weighted by atomic mass is 16.1.